The third-order valence-corrected chi connectivity index (χ3v) is 3.83. The zero-order valence-electron chi connectivity index (χ0n) is 13.3. The Balaban J connectivity index is 1.58. The Morgan fingerprint density at radius 1 is 1.04 bits per heavy atom. The van der Waals surface area contributed by atoms with E-state index in [0.717, 1.165) is 17.2 Å². The summed E-state index contributed by atoms with van der Waals surface area (Å²) in [7, 11) is 0. The van der Waals surface area contributed by atoms with E-state index >= 15 is 0 Å². The van der Waals surface area contributed by atoms with E-state index in [0.29, 0.717) is 18.7 Å². The van der Waals surface area contributed by atoms with Crippen LogP contribution in [0, 0.1) is 11.6 Å². The Hall–Kier alpha value is -2.60. The van der Waals surface area contributed by atoms with Crippen LogP contribution in [0.4, 0.5) is 8.78 Å². The number of hydrogen-bond acceptors (Lipinski definition) is 3. The van der Waals surface area contributed by atoms with Gasteiger partial charge in [-0.05, 0) is 35.7 Å². The standard InChI is InChI=1S/C18H18F2N4/c1-13(16-6-17(19)8-18(20)7-16)22-9-14-2-4-15(5-3-14)10-24-12-21-11-23-24/h2-8,11-13,22H,9-10H2,1H3/t13-/m1/s1. The minimum atomic E-state index is -0.559. The molecule has 0 fully saturated rings. The Labute approximate surface area is 139 Å². The van der Waals surface area contributed by atoms with E-state index in [1.54, 1.807) is 11.0 Å². The van der Waals surface area contributed by atoms with E-state index in [9.17, 15) is 8.78 Å². The summed E-state index contributed by atoms with van der Waals surface area (Å²) < 4.78 is 28.3. The van der Waals surface area contributed by atoms with Gasteiger partial charge >= 0.3 is 0 Å². The van der Waals surface area contributed by atoms with Crippen LogP contribution in [-0.4, -0.2) is 14.8 Å². The minimum Gasteiger partial charge on any atom is -0.306 e. The highest BCUT2D eigenvalue weighted by Gasteiger charge is 2.08. The molecular formula is C18H18F2N4. The van der Waals surface area contributed by atoms with Crippen molar-refractivity contribution in [1.82, 2.24) is 20.1 Å². The number of aromatic nitrogens is 3. The van der Waals surface area contributed by atoms with Gasteiger partial charge in [-0.15, -0.1) is 0 Å². The van der Waals surface area contributed by atoms with Crippen molar-refractivity contribution in [2.24, 2.45) is 0 Å². The summed E-state index contributed by atoms with van der Waals surface area (Å²) in [5.41, 5.74) is 2.82. The number of rotatable bonds is 6. The van der Waals surface area contributed by atoms with E-state index < -0.39 is 11.6 Å². The van der Waals surface area contributed by atoms with E-state index in [4.69, 9.17) is 0 Å². The first-order chi connectivity index (χ1) is 11.6. The summed E-state index contributed by atoms with van der Waals surface area (Å²) in [5.74, 6) is -1.12. The maximum Gasteiger partial charge on any atom is 0.137 e. The first-order valence-corrected chi connectivity index (χ1v) is 7.70. The summed E-state index contributed by atoms with van der Waals surface area (Å²) in [6, 6.07) is 11.5. The predicted octanol–water partition coefficient (Wildman–Crippen LogP) is 3.46. The van der Waals surface area contributed by atoms with Crippen molar-refractivity contribution in [1.29, 1.82) is 0 Å². The quantitative estimate of drug-likeness (QED) is 0.753. The normalized spacial score (nSPS) is 12.3. The van der Waals surface area contributed by atoms with Gasteiger partial charge in [0.2, 0.25) is 0 Å². The Morgan fingerprint density at radius 3 is 2.33 bits per heavy atom. The molecule has 1 N–H and O–H groups in total. The monoisotopic (exact) mass is 328 g/mol. The minimum absolute atomic E-state index is 0.148. The predicted molar refractivity (Wildman–Crippen MR) is 87.2 cm³/mol. The highest BCUT2D eigenvalue weighted by Crippen LogP contribution is 2.16. The molecule has 0 radical (unpaired) electrons. The van der Waals surface area contributed by atoms with Gasteiger partial charge in [0.25, 0.3) is 0 Å². The summed E-state index contributed by atoms with van der Waals surface area (Å²) in [5, 5.41) is 7.35. The van der Waals surface area contributed by atoms with Crippen LogP contribution in [0.2, 0.25) is 0 Å². The van der Waals surface area contributed by atoms with Gasteiger partial charge in [0.15, 0.2) is 0 Å². The lowest BCUT2D eigenvalue weighted by molar-refractivity contribution is 0.545. The van der Waals surface area contributed by atoms with Crippen LogP contribution >= 0.6 is 0 Å². The zero-order valence-corrected chi connectivity index (χ0v) is 13.3. The van der Waals surface area contributed by atoms with Crippen LogP contribution < -0.4 is 5.32 Å². The molecule has 0 aliphatic rings. The largest absolute Gasteiger partial charge is 0.306 e. The van der Waals surface area contributed by atoms with Gasteiger partial charge in [-0.25, -0.2) is 18.4 Å². The van der Waals surface area contributed by atoms with Gasteiger partial charge in [-0.2, -0.15) is 5.10 Å². The first kappa shape index (κ1) is 16.3. The van der Waals surface area contributed by atoms with Gasteiger partial charge in [0.05, 0.1) is 6.54 Å². The molecule has 0 saturated carbocycles. The van der Waals surface area contributed by atoms with E-state index in [-0.39, 0.29) is 6.04 Å². The van der Waals surface area contributed by atoms with Gasteiger partial charge in [-0.1, -0.05) is 24.3 Å². The lowest BCUT2D eigenvalue weighted by atomic mass is 10.1. The van der Waals surface area contributed by atoms with E-state index in [1.165, 1.54) is 18.5 Å². The van der Waals surface area contributed by atoms with Crippen molar-refractivity contribution in [3.8, 4) is 0 Å². The Morgan fingerprint density at radius 2 is 1.71 bits per heavy atom. The lowest BCUT2D eigenvalue weighted by Gasteiger charge is -2.15. The van der Waals surface area contributed by atoms with Crippen LogP contribution in [-0.2, 0) is 13.1 Å². The van der Waals surface area contributed by atoms with Crippen molar-refractivity contribution in [3.05, 3.63) is 83.4 Å². The fourth-order valence-electron chi connectivity index (χ4n) is 2.48. The summed E-state index contributed by atoms with van der Waals surface area (Å²) in [6.07, 6.45) is 3.18. The molecule has 0 bridgehead atoms. The molecule has 0 aliphatic heterocycles. The van der Waals surface area contributed by atoms with Crippen LogP contribution in [0.15, 0.2) is 55.1 Å². The number of hydrogen-bond donors (Lipinski definition) is 1. The molecule has 1 aromatic heterocycles. The molecule has 0 spiro atoms. The summed E-state index contributed by atoms with van der Waals surface area (Å²) in [4.78, 5) is 3.91. The molecule has 2 aromatic carbocycles. The molecular weight excluding hydrogens is 310 g/mol. The molecule has 4 nitrogen and oxygen atoms in total. The maximum atomic E-state index is 13.3. The Kier molecular flexibility index (Phi) is 4.96. The molecule has 0 aliphatic carbocycles. The van der Waals surface area contributed by atoms with Crippen molar-refractivity contribution in [2.75, 3.05) is 0 Å². The van der Waals surface area contributed by atoms with Crippen LogP contribution in [0.25, 0.3) is 0 Å². The van der Waals surface area contributed by atoms with E-state index in [2.05, 4.69) is 15.4 Å². The Bertz CT molecular complexity index is 765. The van der Waals surface area contributed by atoms with Crippen molar-refractivity contribution in [2.45, 2.75) is 26.1 Å². The highest BCUT2D eigenvalue weighted by atomic mass is 19.1. The van der Waals surface area contributed by atoms with Crippen molar-refractivity contribution >= 4 is 0 Å². The topological polar surface area (TPSA) is 42.7 Å². The fraction of sp³-hybridized carbons (Fsp3) is 0.222. The smallest absolute Gasteiger partial charge is 0.137 e. The second-order valence-electron chi connectivity index (χ2n) is 5.71. The number of nitrogens with one attached hydrogen (secondary N) is 1. The zero-order chi connectivity index (χ0) is 16.9. The molecule has 124 valence electrons. The van der Waals surface area contributed by atoms with Crippen molar-refractivity contribution < 1.29 is 8.78 Å². The van der Waals surface area contributed by atoms with Gasteiger partial charge in [-0.3, -0.25) is 0 Å². The second-order valence-corrected chi connectivity index (χ2v) is 5.71. The van der Waals surface area contributed by atoms with Gasteiger partial charge < -0.3 is 5.32 Å². The van der Waals surface area contributed by atoms with Gasteiger partial charge in [0.1, 0.15) is 24.3 Å². The molecule has 1 atom stereocenters. The highest BCUT2D eigenvalue weighted by molar-refractivity contribution is 5.24. The van der Waals surface area contributed by atoms with Gasteiger partial charge in [0, 0.05) is 18.7 Å². The maximum absolute atomic E-state index is 13.3. The molecule has 3 rings (SSSR count). The molecule has 6 heteroatoms. The average Bonchev–Trinajstić information content (AvgIpc) is 3.06. The number of halogens is 2. The van der Waals surface area contributed by atoms with Crippen LogP contribution in [0.1, 0.15) is 29.7 Å². The van der Waals surface area contributed by atoms with E-state index in [1.807, 2.05) is 31.2 Å². The number of nitrogens with zero attached hydrogens (tertiary/aromatic N) is 3. The molecule has 3 aromatic rings. The number of benzene rings is 2. The third kappa shape index (κ3) is 4.23. The summed E-state index contributed by atoms with van der Waals surface area (Å²) in [6.45, 7) is 3.17. The molecule has 1 heterocycles. The molecule has 0 unspecified atom stereocenters. The van der Waals surface area contributed by atoms with Crippen LogP contribution in [0.5, 0.6) is 0 Å². The second kappa shape index (κ2) is 7.31. The summed E-state index contributed by atoms with van der Waals surface area (Å²) >= 11 is 0. The average molecular weight is 328 g/mol. The molecule has 24 heavy (non-hydrogen) atoms. The van der Waals surface area contributed by atoms with Crippen molar-refractivity contribution in [3.63, 3.8) is 0 Å². The molecule has 0 saturated heterocycles. The molecule has 0 amide bonds. The first-order valence-electron chi connectivity index (χ1n) is 7.70. The lowest BCUT2D eigenvalue weighted by Crippen LogP contribution is -2.18. The SMILES string of the molecule is C[C@@H](NCc1ccc(Cn2cncn2)cc1)c1cc(F)cc(F)c1. The third-order valence-electron chi connectivity index (χ3n) is 3.83. The fourth-order valence-corrected chi connectivity index (χ4v) is 2.48. The van der Waals surface area contributed by atoms with Crippen LogP contribution in [0.3, 0.4) is 0 Å².